The number of aromatic amines is 1. The van der Waals surface area contributed by atoms with Crippen LogP contribution in [0.4, 0.5) is 0 Å². The van der Waals surface area contributed by atoms with Crippen molar-refractivity contribution < 1.29 is 14.7 Å². The molecule has 7 nitrogen and oxygen atoms in total. The first-order valence-electron chi connectivity index (χ1n) is 7.87. The number of carboxylic acids is 1. The van der Waals surface area contributed by atoms with Crippen molar-refractivity contribution in [2.45, 2.75) is 25.8 Å². The number of aryl methyl sites for hydroxylation is 1. The van der Waals surface area contributed by atoms with Gasteiger partial charge in [0.15, 0.2) is 0 Å². The van der Waals surface area contributed by atoms with Gasteiger partial charge in [0.05, 0.1) is 15.6 Å². The molecule has 9 heteroatoms. The maximum absolute atomic E-state index is 12.4. The van der Waals surface area contributed by atoms with Crippen molar-refractivity contribution in [2.24, 2.45) is 0 Å². The Kier molecular flexibility index (Phi) is 4.96. The molecule has 0 radical (unpaired) electrons. The van der Waals surface area contributed by atoms with Gasteiger partial charge in [-0.3, -0.25) is 9.47 Å². The summed E-state index contributed by atoms with van der Waals surface area (Å²) in [6.45, 7) is 3.17. The Balaban J connectivity index is 1.57. The Morgan fingerprint density at radius 3 is 2.48 bits per heavy atom. The van der Waals surface area contributed by atoms with Gasteiger partial charge in [-0.2, -0.15) is 0 Å². The van der Waals surface area contributed by atoms with Crippen LogP contribution < -0.4 is 10.3 Å². The molecule has 0 unspecified atom stereocenters. The smallest absolute Gasteiger partial charge is 0.337 e. The molecule has 1 fully saturated rings. The third kappa shape index (κ3) is 3.62. The summed E-state index contributed by atoms with van der Waals surface area (Å²) >= 11 is 12.1. The number of halogens is 2. The van der Waals surface area contributed by atoms with E-state index in [2.05, 4.69) is 10.3 Å². The van der Waals surface area contributed by atoms with Gasteiger partial charge in [0.2, 0.25) is 0 Å². The summed E-state index contributed by atoms with van der Waals surface area (Å²) in [6.07, 6.45) is 4.81. The van der Waals surface area contributed by atoms with Gasteiger partial charge in [-0.15, -0.1) is 0 Å². The second-order valence-electron chi connectivity index (χ2n) is 6.04. The molecule has 0 spiro atoms. The number of carbonyl (C=O) groups is 2. The molecule has 0 aliphatic carbocycles. The highest BCUT2D eigenvalue weighted by molar-refractivity contribution is 6.44. The first-order chi connectivity index (χ1) is 11.9. The summed E-state index contributed by atoms with van der Waals surface area (Å²) in [7, 11) is 0. The highest BCUT2D eigenvalue weighted by Gasteiger charge is 2.24. The average Bonchev–Trinajstić information content (AvgIpc) is 3.17. The van der Waals surface area contributed by atoms with Gasteiger partial charge >= 0.3 is 5.97 Å². The molecule has 3 rings (SSSR count). The Morgan fingerprint density at radius 1 is 1.28 bits per heavy atom. The number of H-pyrrole nitrogens is 1. The number of aromatic carboxylic acids is 1. The van der Waals surface area contributed by atoms with E-state index in [4.69, 9.17) is 28.3 Å². The zero-order chi connectivity index (χ0) is 18.1. The Morgan fingerprint density at radius 2 is 1.96 bits per heavy atom. The van der Waals surface area contributed by atoms with Crippen LogP contribution in [0.25, 0.3) is 0 Å². The minimum absolute atomic E-state index is 0.0247. The second-order valence-corrected chi connectivity index (χ2v) is 6.80. The van der Waals surface area contributed by atoms with Gasteiger partial charge < -0.3 is 20.4 Å². The Labute approximate surface area is 154 Å². The van der Waals surface area contributed by atoms with Crippen LogP contribution in [-0.4, -0.2) is 45.8 Å². The van der Waals surface area contributed by atoms with Crippen molar-refractivity contribution in [3.8, 4) is 0 Å². The molecule has 1 amide bonds. The quantitative estimate of drug-likeness (QED) is 0.755. The Bertz CT molecular complexity index is 806. The standard InChI is InChI=1S/C16H18Cl2N4O3/c1-9-12(17)13(18)14(19-9)15(23)20-11-3-6-21(7-4-11)22-5-2-10(8-22)16(24)25/h2,5,8,11,19H,3-4,6-7H2,1H3,(H,20,23)(H,24,25). The van der Waals surface area contributed by atoms with E-state index >= 15 is 0 Å². The fourth-order valence-corrected chi connectivity index (χ4v) is 3.33. The number of hydrogen-bond acceptors (Lipinski definition) is 3. The fourth-order valence-electron chi connectivity index (χ4n) is 2.91. The van der Waals surface area contributed by atoms with E-state index in [-0.39, 0.29) is 28.2 Å². The molecule has 1 saturated heterocycles. The number of aromatic nitrogens is 2. The summed E-state index contributed by atoms with van der Waals surface area (Å²) in [5, 5.41) is 14.6. The average molecular weight is 385 g/mol. The second kappa shape index (κ2) is 7.01. The number of carbonyl (C=O) groups excluding carboxylic acids is 1. The SMILES string of the molecule is Cc1[nH]c(C(=O)NC2CCN(n3ccc(C(=O)O)c3)CC2)c(Cl)c1Cl. The van der Waals surface area contributed by atoms with Gasteiger partial charge in [-0.05, 0) is 25.8 Å². The van der Waals surface area contributed by atoms with E-state index in [1.807, 2.05) is 5.01 Å². The van der Waals surface area contributed by atoms with Crippen LogP contribution in [0.1, 0.15) is 39.4 Å². The topological polar surface area (TPSA) is 90.4 Å². The zero-order valence-electron chi connectivity index (χ0n) is 13.6. The lowest BCUT2D eigenvalue weighted by molar-refractivity contribution is 0.0696. The van der Waals surface area contributed by atoms with Crippen LogP contribution in [0, 0.1) is 6.92 Å². The van der Waals surface area contributed by atoms with Crippen molar-refractivity contribution in [3.63, 3.8) is 0 Å². The highest BCUT2D eigenvalue weighted by Crippen LogP contribution is 2.29. The van der Waals surface area contributed by atoms with Crippen LogP contribution in [0.5, 0.6) is 0 Å². The number of hydrogen-bond donors (Lipinski definition) is 3. The van der Waals surface area contributed by atoms with Gasteiger partial charge in [0.25, 0.3) is 5.91 Å². The molecule has 1 aliphatic heterocycles. The molecule has 134 valence electrons. The van der Waals surface area contributed by atoms with Crippen LogP contribution in [-0.2, 0) is 0 Å². The molecule has 0 atom stereocenters. The number of carboxylic acid groups (broad SMARTS) is 1. The van der Waals surface area contributed by atoms with E-state index in [1.54, 1.807) is 30.1 Å². The first kappa shape index (κ1) is 17.7. The van der Waals surface area contributed by atoms with Crippen molar-refractivity contribution in [1.29, 1.82) is 0 Å². The molecule has 3 N–H and O–H groups in total. The summed E-state index contributed by atoms with van der Waals surface area (Å²) in [4.78, 5) is 26.2. The molecular weight excluding hydrogens is 367 g/mol. The third-order valence-corrected chi connectivity index (χ3v) is 5.29. The molecule has 2 aromatic heterocycles. The van der Waals surface area contributed by atoms with Crippen molar-refractivity contribution in [2.75, 3.05) is 18.1 Å². The zero-order valence-corrected chi connectivity index (χ0v) is 15.1. The van der Waals surface area contributed by atoms with Crippen LogP contribution in [0.15, 0.2) is 18.5 Å². The van der Waals surface area contributed by atoms with E-state index in [0.717, 1.165) is 12.8 Å². The van der Waals surface area contributed by atoms with Gasteiger partial charge in [-0.1, -0.05) is 23.2 Å². The normalized spacial score (nSPS) is 15.4. The molecular formula is C16H18Cl2N4O3. The largest absolute Gasteiger partial charge is 0.478 e. The van der Waals surface area contributed by atoms with Gasteiger partial charge in [0.1, 0.15) is 5.69 Å². The van der Waals surface area contributed by atoms with E-state index in [9.17, 15) is 9.59 Å². The van der Waals surface area contributed by atoms with Crippen LogP contribution >= 0.6 is 23.2 Å². The third-order valence-electron chi connectivity index (χ3n) is 4.34. The lowest BCUT2D eigenvalue weighted by Gasteiger charge is -2.34. The minimum atomic E-state index is -0.947. The van der Waals surface area contributed by atoms with Gasteiger partial charge in [0, 0.05) is 37.2 Å². The summed E-state index contributed by atoms with van der Waals surface area (Å²) in [5.41, 5.74) is 1.20. The molecule has 25 heavy (non-hydrogen) atoms. The lowest BCUT2D eigenvalue weighted by atomic mass is 10.1. The predicted molar refractivity (Wildman–Crippen MR) is 95.4 cm³/mol. The van der Waals surface area contributed by atoms with E-state index < -0.39 is 5.97 Å². The number of nitrogens with zero attached hydrogens (tertiary/aromatic N) is 2. The lowest BCUT2D eigenvalue weighted by Crippen LogP contribution is -2.48. The van der Waals surface area contributed by atoms with E-state index in [1.165, 1.54) is 0 Å². The molecule has 0 saturated carbocycles. The van der Waals surface area contributed by atoms with Crippen molar-refractivity contribution in [3.05, 3.63) is 45.5 Å². The summed E-state index contributed by atoms with van der Waals surface area (Å²) in [6, 6.07) is 1.59. The highest BCUT2D eigenvalue weighted by atomic mass is 35.5. The van der Waals surface area contributed by atoms with Crippen LogP contribution in [0.2, 0.25) is 10.0 Å². The molecule has 2 aromatic rings. The number of piperidine rings is 1. The number of nitrogens with one attached hydrogen (secondary N) is 2. The molecule has 1 aliphatic rings. The molecule has 0 aromatic carbocycles. The number of amides is 1. The van der Waals surface area contributed by atoms with E-state index in [0.29, 0.717) is 23.8 Å². The van der Waals surface area contributed by atoms with Gasteiger partial charge in [-0.25, -0.2) is 4.79 Å². The molecule has 3 heterocycles. The first-order valence-corrected chi connectivity index (χ1v) is 8.63. The van der Waals surface area contributed by atoms with Crippen molar-refractivity contribution >= 4 is 35.1 Å². The minimum Gasteiger partial charge on any atom is -0.478 e. The fraction of sp³-hybridized carbons (Fsp3) is 0.375. The maximum Gasteiger partial charge on any atom is 0.337 e. The monoisotopic (exact) mass is 384 g/mol. The summed E-state index contributed by atoms with van der Waals surface area (Å²) in [5.74, 6) is -1.22. The van der Waals surface area contributed by atoms with Crippen molar-refractivity contribution in [1.82, 2.24) is 15.0 Å². The predicted octanol–water partition coefficient (Wildman–Crippen LogP) is 2.66. The van der Waals surface area contributed by atoms with Crippen LogP contribution in [0.3, 0.4) is 0 Å². The molecule has 0 bridgehead atoms. The Hall–Kier alpha value is -2.12. The number of rotatable bonds is 4. The maximum atomic E-state index is 12.4. The summed E-state index contributed by atoms with van der Waals surface area (Å²) < 4.78 is 1.78.